The molecule has 1 aliphatic rings. The van der Waals surface area contributed by atoms with Crippen molar-refractivity contribution in [3.8, 4) is 0 Å². The van der Waals surface area contributed by atoms with Crippen LogP contribution in [0.15, 0.2) is 30.3 Å². The first-order chi connectivity index (χ1) is 12.9. The minimum Gasteiger partial charge on any atom is -0.280 e. The standard InChI is InChI=1S/C20H22FN5O/c1-11(2)9-15-17-18(23-22-15)20(27)26(16-10-12(3)24-25(16)4)19(17)13-5-7-14(21)8-6-13/h5-8,10-11,19H,9H2,1-4H3,(H,22,23). The Bertz CT molecular complexity index is 1000. The highest BCUT2D eigenvalue weighted by molar-refractivity contribution is 6.10. The van der Waals surface area contributed by atoms with Crippen LogP contribution in [0.5, 0.6) is 0 Å². The minimum absolute atomic E-state index is 0.148. The van der Waals surface area contributed by atoms with E-state index in [1.54, 1.807) is 21.7 Å². The monoisotopic (exact) mass is 367 g/mol. The molecule has 1 unspecified atom stereocenters. The molecule has 0 fully saturated rings. The number of hydrogen-bond acceptors (Lipinski definition) is 3. The molecule has 0 aliphatic carbocycles. The molecule has 1 amide bonds. The molecule has 1 atom stereocenters. The molecule has 0 bridgehead atoms. The van der Waals surface area contributed by atoms with E-state index in [0.717, 1.165) is 28.9 Å². The fourth-order valence-electron chi connectivity index (χ4n) is 3.77. The maximum absolute atomic E-state index is 13.5. The Morgan fingerprint density at radius 3 is 2.56 bits per heavy atom. The molecule has 4 rings (SSSR count). The number of benzene rings is 1. The van der Waals surface area contributed by atoms with E-state index >= 15 is 0 Å². The fourth-order valence-corrected chi connectivity index (χ4v) is 3.77. The highest BCUT2D eigenvalue weighted by atomic mass is 19.1. The van der Waals surface area contributed by atoms with Crippen LogP contribution in [0.25, 0.3) is 0 Å². The van der Waals surface area contributed by atoms with Crippen molar-refractivity contribution in [3.05, 3.63) is 64.4 Å². The largest absolute Gasteiger partial charge is 0.280 e. The minimum atomic E-state index is -0.365. The number of H-pyrrole nitrogens is 1. The van der Waals surface area contributed by atoms with Crippen LogP contribution in [0.2, 0.25) is 0 Å². The maximum Gasteiger partial charge on any atom is 0.278 e. The summed E-state index contributed by atoms with van der Waals surface area (Å²) in [5.74, 6) is 0.645. The molecule has 1 N–H and O–H groups in total. The van der Waals surface area contributed by atoms with E-state index in [4.69, 9.17) is 0 Å². The lowest BCUT2D eigenvalue weighted by molar-refractivity contribution is 0.0987. The summed E-state index contributed by atoms with van der Waals surface area (Å²) in [5.41, 5.74) is 3.92. The number of nitrogens with zero attached hydrogens (tertiary/aromatic N) is 4. The number of aromatic nitrogens is 4. The van der Waals surface area contributed by atoms with Gasteiger partial charge in [0.25, 0.3) is 5.91 Å². The second-order valence-corrected chi connectivity index (χ2v) is 7.45. The first-order valence-electron chi connectivity index (χ1n) is 9.03. The van der Waals surface area contributed by atoms with Gasteiger partial charge in [-0.1, -0.05) is 26.0 Å². The van der Waals surface area contributed by atoms with E-state index < -0.39 is 0 Å². The molecule has 0 radical (unpaired) electrons. The van der Waals surface area contributed by atoms with Crippen LogP contribution in [-0.4, -0.2) is 25.9 Å². The van der Waals surface area contributed by atoms with Crippen molar-refractivity contribution in [2.75, 3.05) is 4.90 Å². The quantitative estimate of drug-likeness (QED) is 0.767. The summed E-state index contributed by atoms with van der Waals surface area (Å²) in [5, 5.41) is 11.7. The number of carbonyl (C=O) groups excluding carboxylic acids is 1. The van der Waals surface area contributed by atoms with Crippen molar-refractivity contribution < 1.29 is 9.18 Å². The van der Waals surface area contributed by atoms with Crippen molar-refractivity contribution in [2.24, 2.45) is 13.0 Å². The molecule has 1 aliphatic heterocycles. The molecule has 2 aromatic heterocycles. The third-order valence-corrected chi connectivity index (χ3v) is 4.86. The third kappa shape index (κ3) is 2.83. The van der Waals surface area contributed by atoms with Crippen LogP contribution in [0.1, 0.15) is 52.9 Å². The van der Waals surface area contributed by atoms with Gasteiger partial charge in [-0.3, -0.25) is 19.5 Å². The Kier molecular flexibility index (Phi) is 4.09. The summed E-state index contributed by atoms with van der Waals surface area (Å²) in [7, 11) is 1.82. The van der Waals surface area contributed by atoms with E-state index in [1.165, 1.54) is 12.1 Å². The van der Waals surface area contributed by atoms with Crippen LogP contribution in [0.4, 0.5) is 10.2 Å². The van der Waals surface area contributed by atoms with Crippen LogP contribution in [0, 0.1) is 18.7 Å². The van der Waals surface area contributed by atoms with E-state index in [2.05, 4.69) is 29.1 Å². The number of fused-ring (bicyclic) bond motifs is 1. The zero-order valence-electron chi connectivity index (χ0n) is 15.8. The van der Waals surface area contributed by atoms with Gasteiger partial charge in [0.05, 0.1) is 17.4 Å². The normalized spacial score (nSPS) is 16.4. The van der Waals surface area contributed by atoms with Crippen molar-refractivity contribution in [1.29, 1.82) is 0 Å². The average molecular weight is 367 g/mol. The summed E-state index contributed by atoms with van der Waals surface area (Å²) in [6, 6.07) is 7.82. The molecule has 0 saturated carbocycles. The predicted molar refractivity (Wildman–Crippen MR) is 100 cm³/mol. The van der Waals surface area contributed by atoms with Crippen LogP contribution in [0.3, 0.4) is 0 Å². The third-order valence-electron chi connectivity index (χ3n) is 4.86. The Morgan fingerprint density at radius 2 is 1.96 bits per heavy atom. The fraction of sp³-hybridized carbons (Fsp3) is 0.350. The van der Waals surface area contributed by atoms with Gasteiger partial charge in [0.2, 0.25) is 0 Å². The zero-order chi connectivity index (χ0) is 19.3. The van der Waals surface area contributed by atoms with E-state index in [0.29, 0.717) is 17.4 Å². The summed E-state index contributed by atoms with van der Waals surface area (Å²) in [4.78, 5) is 15.0. The van der Waals surface area contributed by atoms with E-state index in [1.807, 2.05) is 20.0 Å². The van der Waals surface area contributed by atoms with Crippen molar-refractivity contribution in [1.82, 2.24) is 20.0 Å². The molecule has 27 heavy (non-hydrogen) atoms. The predicted octanol–water partition coefficient (Wildman–Crippen LogP) is 3.54. The Labute approximate surface area is 157 Å². The summed E-state index contributed by atoms with van der Waals surface area (Å²) in [6.07, 6.45) is 0.759. The summed E-state index contributed by atoms with van der Waals surface area (Å²) < 4.78 is 15.2. The molecule has 140 valence electrons. The van der Waals surface area contributed by atoms with Gasteiger partial charge in [-0.2, -0.15) is 10.2 Å². The highest BCUT2D eigenvalue weighted by Crippen LogP contribution is 2.42. The molecular weight excluding hydrogens is 345 g/mol. The van der Waals surface area contributed by atoms with Gasteiger partial charge >= 0.3 is 0 Å². The van der Waals surface area contributed by atoms with Gasteiger partial charge < -0.3 is 0 Å². The van der Waals surface area contributed by atoms with E-state index in [-0.39, 0.29) is 17.8 Å². The summed E-state index contributed by atoms with van der Waals surface area (Å²) in [6.45, 7) is 6.13. The van der Waals surface area contributed by atoms with Gasteiger partial charge in [-0.25, -0.2) is 4.39 Å². The number of anilines is 1. The molecular formula is C20H22FN5O. The molecule has 6 nitrogen and oxygen atoms in total. The first kappa shape index (κ1) is 17.5. The average Bonchev–Trinajstić information content (AvgIpc) is 3.23. The molecule has 0 spiro atoms. The highest BCUT2D eigenvalue weighted by Gasteiger charge is 2.43. The van der Waals surface area contributed by atoms with Gasteiger partial charge in [0.1, 0.15) is 17.3 Å². The lowest BCUT2D eigenvalue weighted by Crippen LogP contribution is -2.31. The Morgan fingerprint density at radius 1 is 1.26 bits per heavy atom. The number of halogens is 1. The molecule has 3 heterocycles. The number of aryl methyl sites for hydroxylation is 2. The second-order valence-electron chi connectivity index (χ2n) is 7.45. The number of hydrogen-bond donors (Lipinski definition) is 1. The molecule has 1 aromatic carbocycles. The van der Waals surface area contributed by atoms with Gasteiger partial charge in [0.15, 0.2) is 0 Å². The van der Waals surface area contributed by atoms with E-state index in [9.17, 15) is 9.18 Å². The number of rotatable bonds is 4. The summed E-state index contributed by atoms with van der Waals surface area (Å²) >= 11 is 0. The van der Waals surface area contributed by atoms with Crippen molar-refractivity contribution in [3.63, 3.8) is 0 Å². The Hall–Kier alpha value is -2.96. The maximum atomic E-state index is 13.5. The number of amides is 1. The second kappa shape index (κ2) is 6.33. The first-order valence-corrected chi connectivity index (χ1v) is 9.03. The smallest absolute Gasteiger partial charge is 0.278 e. The van der Waals surface area contributed by atoms with Gasteiger partial charge in [-0.05, 0) is 37.0 Å². The lowest BCUT2D eigenvalue weighted by Gasteiger charge is -2.26. The molecule has 0 saturated heterocycles. The van der Waals surface area contributed by atoms with Crippen molar-refractivity contribution in [2.45, 2.75) is 33.2 Å². The lowest BCUT2D eigenvalue weighted by atomic mass is 9.95. The topological polar surface area (TPSA) is 66.8 Å². The molecule has 3 aromatic rings. The van der Waals surface area contributed by atoms with Gasteiger partial charge in [-0.15, -0.1) is 0 Å². The number of nitrogens with one attached hydrogen (secondary N) is 1. The number of carbonyl (C=O) groups is 1. The molecule has 7 heteroatoms. The van der Waals surface area contributed by atoms with Crippen LogP contribution >= 0.6 is 0 Å². The number of aromatic amines is 1. The Balaban J connectivity index is 1.91. The SMILES string of the molecule is Cc1cc(N2C(=O)c3[nH]nc(CC(C)C)c3C2c2ccc(F)cc2)n(C)n1. The zero-order valence-corrected chi connectivity index (χ0v) is 15.8. The van der Waals surface area contributed by atoms with Crippen LogP contribution < -0.4 is 4.90 Å². The van der Waals surface area contributed by atoms with Crippen molar-refractivity contribution >= 4 is 11.7 Å². The van der Waals surface area contributed by atoms with Crippen LogP contribution in [-0.2, 0) is 13.5 Å². The van der Waals surface area contributed by atoms with Gasteiger partial charge in [0, 0.05) is 18.7 Å².